The number of benzene rings is 1. The van der Waals surface area contributed by atoms with E-state index in [2.05, 4.69) is 49.2 Å². The van der Waals surface area contributed by atoms with Gasteiger partial charge in [-0.2, -0.15) is 0 Å². The molecule has 0 aliphatic carbocycles. The number of anilines is 1. The maximum absolute atomic E-state index is 11.2. The Labute approximate surface area is 105 Å². The van der Waals surface area contributed by atoms with Gasteiger partial charge in [0.2, 0.25) is 0 Å². The third-order valence-electron chi connectivity index (χ3n) is 1.46. The van der Waals surface area contributed by atoms with Crippen LogP contribution in [0.1, 0.15) is 0 Å². The molecular formula is C9H10BrIN2O. The highest BCUT2D eigenvalue weighted by atomic mass is 127. The monoisotopic (exact) mass is 368 g/mol. The van der Waals surface area contributed by atoms with Crippen LogP contribution in [0.15, 0.2) is 24.3 Å². The van der Waals surface area contributed by atoms with E-state index >= 15 is 0 Å². The molecule has 5 heteroatoms. The first-order valence-electron chi connectivity index (χ1n) is 4.09. The standard InChI is InChI=1S/C9H10BrIN2O/c10-4-5-12-9(14)13-8-3-1-2-7(11)6-8/h1-3,6H,4-5H2,(H2,12,13,14). The molecule has 14 heavy (non-hydrogen) atoms. The van der Waals surface area contributed by atoms with E-state index in [1.807, 2.05) is 24.3 Å². The van der Waals surface area contributed by atoms with Gasteiger partial charge in [-0.3, -0.25) is 0 Å². The fourth-order valence-electron chi connectivity index (χ4n) is 0.902. The van der Waals surface area contributed by atoms with Gasteiger partial charge in [-0.1, -0.05) is 22.0 Å². The molecule has 0 atom stereocenters. The number of alkyl halides is 1. The van der Waals surface area contributed by atoms with Crippen molar-refractivity contribution < 1.29 is 4.79 Å². The van der Waals surface area contributed by atoms with E-state index in [0.717, 1.165) is 14.6 Å². The minimum absolute atomic E-state index is 0.175. The van der Waals surface area contributed by atoms with Crippen LogP contribution < -0.4 is 10.6 Å². The molecule has 1 rings (SSSR count). The fourth-order valence-corrected chi connectivity index (χ4v) is 1.64. The zero-order valence-electron chi connectivity index (χ0n) is 7.39. The van der Waals surface area contributed by atoms with E-state index < -0.39 is 0 Å². The number of urea groups is 1. The van der Waals surface area contributed by atoms with Gasteiger partial charge in [-0.05, 0) is 40.8 Å². The van der Waals surface area contributed by atoms with Crippen molar-refractivity contribution in [2.45, 2.75) is 0 Å². The van der Waals surface area contributed by atoms with Crippen molar-refractivity contribution in [2.75, 3.05) is 17.2 Å². The molecule has 2 amide bonds. The van der Waals surface area contributed by atoms with Crippen molar-refractivity contribution in [1.29, 1.82) is 0 Å². The van der Waals surface area contributed by atoms with Gasteiger partial charge in [-0.25, -0.2) is 4.79 Å². The van der Waals surface area contributed by atoms with Crippen molar-refractivity contribution in [2.24, 2.45) is 0 Å². The highest BCUT2D eigenvalue weighted by Gasteiger charge is 1.99. The lowest BCUT2D eigenvalue weighted by Crippen LogP contribution is -2.30. The van der Waals surface area contributed by atoms with E-state index in [-0.39, 0.29) is 6.03 Å². The summed E-state index contributed by atoms with van der Waals surface area (Å²) in [6, 6.07) is 7.47. The molecule has 0 heterocycles. The van der Waals surface area contributed by atoms with Crippen molar-refractivity contribution >= 4 is 50.2 Å². The molecule has 0 spiro atoms. The molecule has 2 N–H and O–H groups in total. The van der Waals surface area contributed by atoms with E-state index in [9.17, 15) is 4.79 Å². The summed E-state index contributed by atoms with van der Waals surface area (Å²) in [5.41, 5.74) is 0.809. The normalized spacial score (nSPS) is 9.57. The molecule has 0 unspecified atom stereocenters. The van der Waals surface area contributed by atoms with E-state index in [0.29, 0.717) is 6.54 Å². The number of carbonyl (C=O) groups excluding carboxylic acids is 1. The summed E-state index contributed by atoms with van der Waals surface area (Å²) in [5.74, 6) is 0. The van der Waals surface area contributed by atoms with Crippen LogP contribution in [0.2, 0.25) is 0 Å². The molecule has 0 aromatic heterocycles. The summed E-state index contributed by atoms with van der Waals surface area (Å²) < 4.78 is 1.10. The van der Waals surface area contributed by atoms with E-state index in [1.165, 1.54) is 0 Å². The first kappa shape index (κ1) is 11.8. The number of nitrogens with one attached hydrogen (secondary N) is 2. The van der Waals surface area contributed by atoms with Crippen LogP contribution in [0.25, 0.3) is 0 Å². The first-order valence-corrected chi connectivity index (χ1v) is 6.29. The summed E-state index contributed by atoms with van der Waals surface area (Å²) in [5, 5.41) is 6.20. The van der Waals surface area contributed by atoms with Gasteiger partial charge < -0.3 is 10.6 Å². The number of halogens is 2. The maximum atomic E-state index is 11.2. The zero-order valence-corrected chi connectivity index (χ0v) is 11.1. The average Bonchev–Trinajstić information content (AvgIpc) is 2.15. The van der Waals surface area contributed by atoms with Crippen LogP contribution in [0.4, 0.5) is 10.5 Å². The summed E-state index contributed by atoms with van der Waals surface area (Å²) in [6.45, 7) is 0.621. The molecule has 76 valence electrons. The van der Waals surface area contributed by atoms with Crippen LogP contribution in [0.5, 0.6) is 0 Å². The van der Waals surface area contributed by atoms with Crippen LogP contribution >= 0.6 is 38.5 Å². The van der Waals surface area contributed by atoms with Crippen molar-refractivity contribution in [1.82, 2.24) is 5.32 Å². The Bertz CT molecular complexity index is 319. The second kappa shape index (κ2) is 6.23. The second-order valence-corrected chi connectivity index (χ2v) is 4.62. The quantitative estimate of drug-likeness (QED) is 0.625. The fraction of sp³-hybridized carbons (Fsp3) is 0.222. The summed E-state index contributed by atoms with van der Waals surface area (Å²) in [6.07, 6.45) is 0. The van der Waals surface area contributed by atoms with Crippen molar-refractivity contribution in [3.63, 3.8) is 0 Å². The molecule has 0 saturated carbocycles. The Morgan fingerprint density at radius 1 is 1.50 bits per heavy atom. The highest BCUT2D eigenvalue weighted by molar-refractivity contribution is 14.1. The topological polar surface area (TPSA) is 41.1 Å². The molecule has 0 fully saturated rings. The predicted molar refractivity (Wildman–Crippen MR) is 70.0 cm³/mol. The Morgan fingerprint density at radius 3 is 2.93 bits per heavy atom. The lowest BCUT2D eigenvalue weighted by atomic mass is 10.3. The lowest BCUT2D eigenvalue weighted by molar-refractivity contribution is 0.252. The smallest absolute Gasteiger partial charge is 0.319 e. The first-order chi connectivity index (χ1) is 6.72. The maximum Gasteiger partial charge on any atom is 0.319 e. The van der Waals surface area contributed by atoms with Crippen molar-refractivity contribution in [3.05, 3.63) is 27.8 Å². The molecule has 3 nitrogen and oxygen atoms in total. The Kier molecular flexibility index (Phi) is 5.24. The number of hydrogen-bond donors (Lipinski definition) is 2. The van der Waals surface area contributed by atoms with Gasteiger partial charge in [0.25, 0.3) is 0 Å². The van der Waals surface area contributed by atoms with E-state index in [4.69, 9.17) is 0 Å². The van der Waals surface area contributed by atoms with Gasteiger partial charge >= 0.3 is 6.03 Å². The van der Waals surface area contributed by atoms with Crippen LogP contribution in [-0.2, 0) is 0 Å². The van der Waals surface area contributed by atoms with Gasteiger partial charge in [0.1, 0.15) is 0 Å². The Morgan fingerprint density at radius 2 is 2.29 bits per heavy atom. The lowest BCUT2D eigenvalue weighted by Gasteiger charge is -2.06. The Hall–Kier alpha value is -0.300. The Balaban J connectivity index is 2.47. The van der Waals surface area contributed by atoms with Gasteiger partial charge in [-0.15, -0.1) is 0 Å². The molecule has 0 bridgehead atoms. The third kappa shape index (κ3) is 4.28. The predicted octanol–water partition coefficient (Wildman–Crippen LogP) is 2.81. The number of carbonyl (C=O) groups is 1. The summed E-state index contributed by atoms with van der Waals surface area (Å²) >= 11 is 5.43. The number of hydrogen-bond acceptors (Lipinski definition) is 1. The molecule has 0 saturated heterocycles. The minimum atomic E-state index is -0.175. The van der Waals surface area contributed by atoms with Gasteiger partial charge in [0.15, 0.2) is 0 Å². The number of amides is 2. The summed E-state index contributed by atoms with van der Waals surface area (Å²) in [4.78, 5) is 11.2. The second-order valence-electron chi connectivity index (χ2n) is 2.58. The van der Waals surface area contributed by atoms with Crippen LogP contribution in [0, 0.1) is 3.57 Å². The highest BCUT2D eigenvalue weighted by Crippen LogP contribution is 2.11. The van der Waals surface area contributed by atoms with E-state index in [1.54, 1.807) is 0 Å². The average molecular weight is 369 g/mol. The summed E-state index contributed by atoms with van der Waals surface area (Å²) in [7, 11) is 0. The largest absolute Gasteiger partial charge is 0.337 e. The molecule has 0 aliphatic heterocycles. The van der Waals surface area contributed by atoms with Crippen LogP contribution in [-0.4, -0.2) is 17.9 Å². The van der Waals surface area contributed by atoms with Crippen LogP contribution in [0.3, 0.4) is 0 Å². The number of rotatable bonds is 3. The van der Waals surface area contributed by atoms with Gasteiger partial charge in [0, 0.05) is 21.1 Å². The molecule has 0 aliphatic rings. The zero-order chi connectivity index (χ0) is 10.4. The molecule has 0 radical (unpaired) electrons. The third-order valence-corrected chi connectivity index (χ3v) is 2.53. The van der Waals surface area contributed by atoms with Gasteiger partial charge in [0.05, 0.1) is 0 Å². The molecule has 1 aromatic rings. The van der Waals surface area contributed by atoms with Crippen molar-refractivity contribution in [3.8, 4) is 0 Å². The minimum Gasteiger partial charge on any atom is -0.337 e. The SMILES string of the molecule is O=C(NCCBr)Nc1cccc(I)c1. The molecule has 1 aromatic carbocycles. The molecular weight excluding hydrogens is 359 g/mol.